The predicted molar refractivity (Wildman–Crippen MR) is 92.0 cm³/mol. The first-order valence-electron chi connectivity index (χ1n) is 6.94. The van der Waals surface area contributed by atoms with Crippen LogP contribution in [-0.4, -0.2) is 26.3 Å². The van der Waals surface area contributed by atoms with Crippen LogP contribution in [0.25, 0.3) is 0 Å². The SMILES string of the molecule is C[CH2][Al]([Cl])[O]CCP(c1ccccc1)c1ccccc1. The Labute approximate surface area is 131 Å². The van der Waals surface area contributed by atoms with Crippen molar-refractivity contribution in [3.63, 3.8) is 0 Å². The minimum Gasteiger partial charge on any atom is -0.489 e. The summed E-state index contributed by atoms with van der Waals surface area (Å²) in [6.07, 6.45) is 1.04. The Morgan fingerprint density at radius 3 is 1.90 bits per heavy atom. The number of benzene rings is 2. The van der Waals surface area contributed by atoms with E-state index in [0.717, 1.165) is 18.1 Å². The molecular weight excluding hydrogens is 302 g/mol. The summed E-state index contributed by atoms with van der Waals surface area (Å²) in [6.45, 7) is 2.87. The molecular formula is C16H19AlClOP. The van der Waals surface area contributed by atoms with Crippen LogP contribution in [0.15, 0.2) is 60.7 Å². The summed E-state index contributed by atoms with van der Waals surface area (Å²) in [7, 11) is 5.82. The molecule has 1 nitrogen and oxygen atoms in total. The Morgan fingerprint density at radius 1 is 0.950 bits per heavy atom. The highest BCUT2D eigenvalue weighted by Crippen LogP contribution is 2.32. The average Bonchev–Trinajstić information content (AvgIpc) is 2.53. The first-order chi connectivity index (χ1) is 9.81. The van der Waals surface area contributed by atoms with Crippen LogP contribution in [0, 0.1) is 0 Å². The Kier molecular flexibility index (Phi) is 7.08. The minimum atomic E-state index is -1.45. The summed E-state index contributed by atoms with van der Waals surface area (Å²) in [5.41, 5.74) is 0. The average molecular weight is 321 g/mol. The van der Waals surface area contributed by atoms with Gasteiger partial charge in [0.15, 0.2) is 0 Å². The molecule has 104 valence electrons. The first-order valence-corrected chi connectivity index (χ1v) is 11.5. The van der Waals surface area contributed by atoms with Gasteiger partial charge in [-0.25, -0.2) is 10.0 Å². The molecule has 0 saturated heterocycles. The maximum Gasteiger partial charge on any atom is 0.591 e. The summed E-state index contributed by atoms with van der Waals surface area (Å²) in [5.74, 6) is 0. The largest absolute Gasteiger partial charge is 0.591 e. The fraction of sp³-hybridized carbons (Fsp3) is 0.250. The summed E-state index contributed by atoms with van der Waals surface area (Å²) in [4.78, 5) is 0. The Bertz CT molecular complexity index is 455. The molecule has 0 radical (unpaired) electrons. The van der Waals surface area contributed by atoms with Gasteiger partial charge in [-0.3, -0.25) is 0 Å². The zero-order valence-corrected chi connectivity index (χ0v) is 14.5. The van der Waals surface area contributed by atoms with Gasteiger partial charge in [0.25, 0.3) is 0 Å². The molecule has 0 atom stereocenters. The van der Waals surface area contributed by atoms with Crippen molar-refractivity contribution < 1.29 is 3.79 Å². The van der Waals surface area contributed by atoms with Gasteiger partial charge in [-0.15, -0.1) is 0 Å². The van der Waals surface area contributed by atoms with Crippen molar-refractivity contribution in [1.82, 2.24) is 0 Å². The highest BCUT2D eigenvalue weighted by molar-refractivity contribution is 7.73. The van der Waals surface area contributed by atoms with Crippen molar-refractivity contribution in [1.29, 1.82) is 0 Å². The first kappa shape index (κ1) is 16.0. The molecule has 20 heavy (non-hydrogen) atoms. The van der Waals surface area contributed by atoms with Gasteiger partial charge in [0, 0.05) is 6.61 Å². The van der Waals surface area contributed by atoms with Crippen LogP contribution in [0.4, 0.5) is 0 Å². The van der Waals surface area contributed by atoms with Crippen molar-refractivity contribution in [2.45, 2.75) is 12.2 Å². The van der Waals surface area contributed by atoms with Gasteiger partial charge < -0.3 is 3.79 Å². The van der Waals surface area contributed by atoms with E-state index in [1.165, 1.54) is 10.6 Å². The maximum atomic E-state index is 6.16. The molecule has 0 spiro atoms. The number of rotatable bonds is 7. The van der Waals surface area contributed by atoms with Crippen molar-refractivity contribution in [2.75, 3.05) is 12.8 Å². The van der Waals surface area contributed by atoms with Crippen LogP contribution in [0.5, 0.6) is 0 Å². The lowest BCUT2D eigenvalue weighted by Crippen LogP contribution is -2.19. The van der Waals surface area contributed by atoms with E-state index in [0.29, 0.717) is 0 Å². The number of halogens is 1. The second kappa shape index (κ2) is 8.83. The van der Waals surface area contributed by atoms with Gasteiger partial charge in [-0.1, -0.05) is 72.9 Å². The third-order valence-electron chi connectivity index (χ3n) is 3.07. The lowest BCUT2D eigenvalue weighted by atomic mass is 10.4. The molecule has 2 aromatic carbocycles. The molecule has 0 aliphatic carbocycles. The predicted octanol–water partition coefficient (Wildman–Crippen LogP) is 3.88. The molecule has 0 fully saturated rings. The van der Waals surface area contributed by atoms with Gasteiger partial charge >= 0.3 is 13.6 Å². The summed E-state index contributed by atoms with van der Waals surface area (Å²) in [5, 5.41) is 3.79. The van der Waals surface area contributed by atoms with Crippen molar-refractivity contribution in [3.05, 3.63) is 60.7 Å². The lowest BCUT2D eigenvalue weighted by Gasteiger charge is -2.19. The highest BCUT2D eigenvalue weighted by Gasteiger charge is 2.17. The van der Waals surface area contributed by atoms with E-state index in [9.17, 15) is 0 Å². The van der Waals surface area contributed by atoms with Crippen molar-refractivity contribution in [3.8, 4) is 0 Å². The summed E-state index contributed by atoms with van der Waals surface area (Å²) in [6, 6.07) is 21.4. The van der Waals surface area contributed by atoms with Gasteiger partial charge in [0.05, 0.1) is 0 Å². The standard InChI is InChI=1S/C14H14OP.C2H5.Al.ClH/c15-11-12-16(13-7-3-1-4-8-13)14-9-5-2-6-10-14;1-2;;/h1-10H,11-12H2;1H2,2H3;;1H/q-1;;+2;/p-1. The zero-order valence-electron chi connectivity index (χ0n) is 11.7. The van der Waals surface area contributed by atoms with Crippen molar-refractivity contribution >= 4 is 42.1 Å². The van der Waals surface area contributed by atoms with Gasteiger partial charge in [-0.2, -0.15) is 0 Å². The van der Waals surface area contributed by atoms with Crippen LogP contribution in [0.3, 0.4) is 0 Å². The number of hydrogen-bond donors (Lipinski definition) is 0. The monoisotopic (exact) mass is 320 g/mol. The summed E-state index contributed by atoms with van der Waals surface area (Å²) < 4.78 is 5.79. The van der Waals surface area contributed by atoms with Crippen LogP contribution < -0.4 is 10.6 Å². The normalized spacial score (nSPS) is 10.8. The van der Waals surface area contributed by atoms with E-state index >= 15 is 0 Å². The molecule has 4 heteroatoms. The topological polar surface area (TPSA) is 9.23 Å². The second-order valence-corrected chi connectivity index (χ2v) is 10.3. The van der Waals surface area contributed by atoms with Crippen molar-refractivity contribution in [2.24, 2.45) is 0 Å². The molecule has 0 aliphatic rings. The fourth-order valence-corrected chi connectivity index (χ4v) is 5.25. The third kappa shape index (κ3) is 4.89. The Balaban J connectivity index is 2.09. The molecule has 2 rings (SSSR count). The molecule has 0 heterocycles. The molecule has 0 amide bonds. The van der Waals surface area contributed by atoms with Gasteiger partial charge in [-0.05, 0) is 24.7 Å². The number of hydrogen-bond acceptors (Lipinski definition) is 1. The Hall–Kier alpha value is -0.348. The fourth-order valence-electron chi connectivity index (χ4n) is 2.01. The lowest BCUT2D eigenvalue weighted by molar-refractivity contribution is 0.358. The van der Waals surface area contributed by atoms with Crippen LogP contribution in [0.1, 0.15) is 6.92 Å². The van der Waals surface area contributed by atoms with E-state index in [-0.39, 0.29) is 7.92 Å². The second-order valence-electron chi connectivity index (χ2n) is 4.51. The van der Waals surface area contributed by atoms with E-state index in [1.807, 2.05) is 0 Å². The molecule has 0 aliphatic heterocycles. The van der Waals surface area contributed by atoms with E-state index < -0.39 is 13.6 Å². The van der Waals surface area contributed by atoms with Gasteiger partial charge in [0.2, 0.25) is 0 Å². The van der Waals surface area contributed by atoms with E-state index in [4.69, 9.17) is 13.8 Å². The minimum absolute atomic E-state index is 0.348. The highest BCUT2D eigenvalue weighted by atomic mass is 35.6. The molecule has 0 saturated carbocycles. The third-order valence-corrected chi connectivity index (χ3v) is 8.09. The van der Waals surface area contributed by atoms with Crippen LogP contribution in [-0.2, 0) is 3.79 Å². The quantitative estimate of drug-likeness (QED) is 0.555. The van der Waals surface area contributed by atoms with Gasteiger partial charge in [0.1, 0.15) is 0 Å². The zero-order chi connectivity index (χ0) is 14.2. The van der Waals surface area contributed by atoms with E-state index in [1.54, 1.807) is 0 Å². The molecule has 0 N–H and O–H groups in total. The molecule has 0 bridgehead atoms. The van der Waals surface area contributed by atoms with Crippen LogP contribution in [0.2, 0.25) is 5.28 Å². The van der Waals surface area contributed by atoms with Crippen LogP contribution >= 0.6 is 18.0 Å². The smallest absolute Gasteiger partial charge is 0.489 e. The van der Waals surface area contributed by atoms with E-state index in [2.05, 4.69) is 67.6 Å². The molecule has 2 aromatic rings. The maximum absolute atomic E-state index is 6.16. The molecule has 0 aromatic heterocycles. The summed E-state index contributed by atoms with van der Waals surface area (Å²) >= 11 is -1.45. The Morgan fingerprint density at radius 2 is 1.45 bits per heavy atom. The molecule has 0 unspecified atom stereocenters.